The number of hydrogen-bond donors (Lipinski definition) is 3. The van der Waals surface area contributed by atoms with Crippen LogP contribution in [-0.4, -0.2) is 45.9 Å². The van der Waals surface area contributed by atoms with E-state index in [0.717, 1.165) is 30.2 Å². The molecule has 1 aromatic heterocycles. The summed E-state index contributed by atoms with van der Waals surface area (Å²) < 4.78 is 40.0. The second-order valence-electron chi connectivity index (χ2n) is 6.62. The number of alkyl halides is 3. The number of nitrogens with zero attached hydrogens (tertiary/aromatic N) is 1. The Bertz CT molecular complexity index is 777. The molecule has 1 aliphatic carbocycles. The molecule has 0 spiro atoms. The van der Waals surface area contributed by atoms with Gasteiger partial charge in [-0.15, -0.1) is 0 Å². The molecule has 1 unspecified atom stereocenters. The number of pyridine rings is 1. The van der Waals surface area contributed by atoms with E-state index in [9.17, 15) is 22.8 Å². The maximum Gasteiger partial charge on any atom is 0.490 e. The molecule has 1 aromatic rings. The van der Waals surface area contributed by atoms with Crippen molar-refractivity contribution in [2.45, 2.75) is 57.0 Å². The molecule has 0 aliphatic heterocycles. The fourth-order valence-electron chi connectivity index (χ4n) is 2.63. The number of primary amides is 1. The van der Waals surface area contributed by atoms with Gasteiger partial charge in [0.05, 0.1) is 16.6 Å². The first kappa shape index (κ1) is 25.0. The number of nitrogens with two attached hydrogens (primary N) is 1. The molecule has 1 heterocycles. The molecule has 12 heteroatoms. The van der Waals surface area contributed by atoms with Crippen molar-refractivity contribution in [2.24, 2.45) is 12.8 Å². The third-order valence-corrected chi connectivity index (χ3v) is 4.86. The summed E-state index contributed by atoms with van der Waals surface area (Å²) in [6.45, 7) is 1.78. The number of halogens is 4. The van der Waals surface area contributed by atoms with Gasteiger partial charge in [0.2, 0.25) is 5.91 Å². The summed E-state index contributed by atoms with van der Waals surface area (Å²) in [5.74, 6) is -2.50. The Labute approximate surface area is 173 Å². The Kier molecular flexibility index (Phi) is 9.14. The Morgan fingerprint density at radius 1 is 1.34 bits per heavy atom. The van der Waals surface area contributed by atoms with Crippen molar-refractivity contribution < 1.29 is 32.6 Å². The first-order chi connectivity index (χ1) is 13.3. The van der Waals surface area contributed by atoms with Gasteiger partial charge in [-0.2, -0.15) is 13.2 Å². The van der Waals surface area contributed by atoms with Gasteiger partial charge in [-0.3, -0.25) is 9.59 Å². The average Bonchev–Trinajstić information content (AvgIpc) is 2.61. The number of carbonyl (C=O) groups is 2. The van der Waals surface area contributed by atoms with Crippen molar-refractivity contribution in [3.63, 3.8) is 0 Å². The maximum absolute atomic E-state index is 11.7. The van der Waals surface area contributed by atoms with Crippen LogP contribution in [0.4, 0.5) is 13.2 Å². The van der Waals surface area contributed by atoms with Gasteiger partial charge in [0.1, 0.15) is 5.75 Å². The number of nitrogens with one attached hydrogen (secondary N) is 1. The number of ether oxygens (including phenoxy) is 1. The Morgan fingerprint density at radius 3 is 2.31 bits per heavy atom. The number of aliphatic carboxylic acids is 1. The number of hydrogen-bond acceptors (Lipinski definition) is 5. The molecule has 8 nitrogen and oxygen atoms in total. The van der Waals surface area contributed by atoms with E-state index in [4.69, 9.17) is 20.4 Å². The molecule has 0 saturated heterocycles. The number of rotatable bonds is 5. The standard InChI is InChI=1S/C15H22BrN3O3.C2HF3O2/c1-9(15(17)21)18-10-3-5-11(6-4-10)22-13-7-14(20)19(2)8-12(13)16;3-2(4,5)1(6)7/h7-11,18H,3-6H2,1-2H3,(H2,17,21);(H,6,7)/t9?,10-,11-;. The van der Waals surface area contributed by atoms with Crippen molar-refractivity contribution in [1.29, 1.82) is 0 Å². The predicted octanol–water partition coefficient (Wildman–Crippen LogP) is 1.93. The summed E-state index contributed by atoms with van der Waals surface area (Å²) in [4.78, 5) is 31.6. The zero-order valence-electron chi connectivity index (χ0n) is 15.8. The molecule has 1 atom stereocenters. The van der Waals surface area contributed by atoms with E-state index in [0.29, 0.717) is 5.75 Å². The summed E-state index contributed by atoms with van der Waals surface area (Å²) in [7, 11) is 1.70. The summed E-state index contributed by atoms with van der Waals surface area (Å²) in [5.41, 5.74) is 5.17. The maximum atomic E-state index is 11.7. The SMILES string of the molecule is CC(N[C@H]1CC[C@H](Oc2cc(=O)n(C)cc2Br)CC1)C(N)=O.O=C(O)C(F)(F)F. The lowest BCUT2D eigenvalue weighted by Gasteiger charge is -2.31. The van der Waals surface area contributed by atoms with Gasteiger partial charge >= 0.3 is 12.1 Å². The largest absolute Gasteiger partial charge is 0.490 e. The molecule has 1 saturated carbocycles. The average molecular weight is 486 g/mol. The van der Waals surface area contributed by atoms with E-state index >= 15 is 0 Å². The quantitative estimate of drug-likeness (QED) is 0.585. The fraction of sp³-hybridized carbons (Fsp3) is 0.588. The van der Waals surface area contributed by atoms with Gasteiger partial charge < -0.3 is 25.5 Å². The molecule has 0 radical (unpaired) electrons. The molecule has 29 heavy (non-hydrogen) atoms. The predicted molar refractivity (Wildman–Crippen MR) is 102 cm³/mol. The molecule has 0 aromatic carbocycles. The highest BCUT2D eigenvalue weighted by Crippen LogP contribution is 2.28. The van der Waals surface area contributed by atoms with Crippen LogP contribution < -0.4 is 21.3 Å². The number of carboxylic acids is 1. The lowest BCUT2D eigenvalue weighted by Crippen LogP contribution is -2.46. The Morgan fingerprint density at radius 2 is 1.86 bits per heavy atom. The Hall–Kier alpha value is -2.08. The van der Waals surface area contributed by atoms with Gasteiger partial charge in [0.25, 0.3) is 5.56 Å². The van der Waals surface area contributed by atoms with Crippen molar-refractivity contribution in [3.05, 3.63) is 27.1 Å². The zero-order chi connectivity index (χ0) is 22.4. The summed E-state index contributed by atoms with van der Waals surface area (Å²) in [5, 5.41) is 10.4. The molecule has 1 fully saturated rings. The number of aromatic nitrogens is 1. The number of amides is 1. The second kappa shape index (κ2) is 10.6. The van der Waals surface area contributed by atoms with E-state index < -0.39 is 12.1 Å². The van der Waals surface area contributed by atoms with Crippen LogP contribution in [0.25, 0.3) is 0 Å². The Balaban J connectivity index is 0.000000516. The van der Waals surface area contributed by atoms with Crippen LogP contribution in [0.2, 0.25) is 0 Å². The number of aryl methyl sites for hydroxylation is 1. The number of carboxylic acid groups (broad SMARTS) is 1. The minimum atomic E-state index is -5.08. The van der Waals surface area contributed by atoms with Crippen molar-refractivity contribution in [1.82, 2.24) is 9.88 Å². The van der Waals surface area contributed by atoms with E-state index in [1.54, 1.807) is 20.2 Å². The lowest BCUT2D eigenvalue weighted by atomic mass is 9.92. The van der Waals surface area contributed by atoms with Crippen LogP contribution in [0.3, 0.4) is 0 Å². The minimum absolute atomic E-state index is 0.0883. The van der Waals surface area contributed by atoms with Crippen molar-refractivity contribution in [2.75, 3.05) is 0 Å². The molecular weight excluding hydrogens is 463 g/mol. The second-order valence-corrected chi connectivity index (χ2v) is 7.47. The summed E-state index contributed by atoms with van der Waals surface area (Å²) in [6.07, 6.45) is 0.315. The smallest absolute Gasteiger partial charge is 0.489 e. The van der Waals surface area contributed by atoms with Crippen molar-refractivity contribution in [3.8, 4) is 5.75 Å². The third kappa shape index (κ3) is 8.44. The van der Waals surface area contributed by atoms with Crippen LogP contribution in [0.1, 0.15) is 32.6 Å². The first-order valence-electron chi connectivity index (χ1n) is 8.69. The van der Waals surface area contributed by atoms with Crippen LogP contribution in [0, 0.1) is 0 Å². The minimum Gasteiger partial charge on any atom is -0.489 e. The fourth-order valence-corrected chi connectivity index (χ4v) is 3.15. The highest BCUT2D eigenvalue weighted by molar-refractivity contribution is 9.10. The third-order valence-electron chi connectivity index (χ3n) is 4.27. The monoisotopic (exact) mass is 485 g/mol. The van der Waals surface area contributed by atoms with E-state index in [2.05, 4.69) is 21.2 Å². The molecule has 2 rings (SSSR count). The highest BCUT2D eigenvalue weighted by atomic mass is 79.9. The zero-order valence-corrected chi connectivity index (χ0v) is 17.4. The van der Waals surface area contributed by atoms with Gasteiger partial charge in [-0.1, -0.05) is 0 Å². The van der Waals surface area contributed by atoms with Crippen LogP contribution in [0.15, 0.2) is 21.5 Å². The molecule has 0 bridgehead atoms. The van der Waals surface area contributed by atoms with Crippen LogP contribution in [0.5, 0.6) is 5.75 Å². The van der Waals surface area contributed by atoms with Gasteiger partial charge in [-0.05, 0) is 48.5 Å². The van der Waals surface area contributed by atoms with Gasteiger partial charge in [0, 0.05) is 25.4 Å². The number of carbonyl (C=O) groups excluding carboxylic acids is 1. The van der Waals surface area contributed by atoms with Crippen molar-refractivity contribution >= 4 is 27.8 Å². The lowest BCUT2D eigenvalue weighted by molar-refractivity contribution is -0.192. The molecular formula is C17H23BrF3N3O5. The molecule has 164 valence electrons. The molecule has 1 aliphatic rings. The van der Waals surface area contributed by atoms with Gasteiger partial charge in [-0.25, -0.2) is 4.79 Å². The highest BCUT2D eigenvalue weighted by Gasteiger charge is 2.38. The van der Waals surface area contributed by atoms with Crippen LogP contribution in [-0.2, 0) is 16.6 Å². The summed E-state index contributed by atoms with van der Waals surface area (Å²) >= 11 is 3.42. The topological polar surface area (TPSA) is 124 Å². The van der Waals surface area contributed by atoms with Crippen LogP contribution >= 0.6 is 15.9 Å². The molecule has 4 N–H and O–H groups in total. The summed E-state index contributed by atoms with van der Waals surface area (Å²) in [6, 6.07) is 1.48. The first-order valence-corrected chi connectivity index (χ1v) is 9.48. The van der Waals surface area contributed by atoms with Gasteiger partial charge in [0.15, 0.2) is 0 Å². The van der Waals surface area contributed by atoms with E-state index in [-0.39, 0.29) is 29.7 Å². The molecule has 1 amide bonds. The van der Waals surface area contributed by atoms with E-state index in [1.165, 1.54) is 10.6 Å². The van der Waals surface area contributed by atoms with E-state index in [1.807, 2.05) is 0 Å². The normalized spacial score (nSPS) is 20.2.